The number of nitrogens with zero attached hydrogens (tertiary/aromatic N) is 1. The fraction of sp³-hybridized carbons (Fsp3) is 0.750. The van der Waals surface area contributed by atoms with Crippen molar-refractivity contribution < 1.29 is 4.52 Å². The summed E-state index contributed by atoms with van der Waals surface area (Å²) in [4.78, 5) is 0. The van der Waals surface area contributed by atoms with Crippen molar-refractivity contribution in [1.29, 1.82) is 0 Å². The van der Waals surface area contributed by atoms with Gasteiger partial charge in [-0.25, -0.2) is 0 Å². The van der Waals surface area contributed by atoms with Crippen molar-refractivity contribution in [3.63, 3.8) is 0 Å². The number of rotatable bonds is 4. The van der Waals surface area contributed by atoms with Crippen LogP contribution in [0.1, 0.15) is 57.3 Å². The Morgan fingerprint density at radius 3 is 2.60 bits per heavy atom. The maximum atomic E-state index is 5.53. The van der Waals surface area contributed by atoms with E-state index in [4.69, 9.17) is 4.52 Å². The van der Waals surface area contributed by atoms with Gasteiger partial charge in [-0.15, -0.1) is 11.8 Å². The zero-order chi connectivity index (χ0) is 11.1. The van der Waals surface area contributed by atoms with Crippen molar-refractivity contribution in [2.24, 2.45) is 0 Å². The molecular weight excluding hydrogens is 206 g/mol. The van der Waals surface area contributed by atoms with Crippen molar-refractivity contribution in [1.82, 2.24) is 5.16 Å². The fourth-order valence-electron chi connectivity index (χ4n) is 1.85. The molecule has 0 spiro atoms. The summed E-state index contributed by atoms with van der Waals surface area (Å²) in [5.74, 6) is 1.81. The summed E-state index contributed by atoms with van der Waals surface area (Å²) in [5.41, 5.74) is 1.55. The highest BCUT2D eigenvalue weighted by Crippen LogP contribution is 2.47. The highest BCUT2D eigenvalue weighted by Gasteiger charge is 2.37. The van der Waals surface area contributed by atoms with Crippen LogP contribution in [0.4, 0.5) is 0 Å². The predicted molar refractivity (Wildman–Crippen MR) is 63.6 cm³/mol. The molecule has 0 unspecified atom stereocenters. The lowest BCUT2D eigenvalue weighted by molar-refractivity contribution is 0.368. The van der Waals surface area contributed by atoms with Crippen LogP contribution in [-0.4, -0.2) is 11.4 Å². The summed E-state index contributed by atoms with van der Waals surface area (Å²) in [6, 6.07) is 0. The van der Waals surface area contributed by atoms with E-state index < -0.39 is 0 Å². The van der Waals surface area contributed by atoms with Gasteiger partial charge < -0.3 is 4.52 Å². The molecule has 0 saturated heterocycles. The van der Waals surface area contributed by atoms with Crippen molar-refractivity contribution in [2.45, 2.75) is 56.4 Å². The van der Waals surface area contributed by atoms with E-state index in [1.165, 1.54) is 18.4 Å². The maximum absolute atomic E-state index is 5.53. The summed E-state index contributed by atoms with van der Waals surface area (Å²) in [7, 11) is 0. The molecule has 0 amide bonds. The maximum Gasteiger partial charge on any atom is 0.144 e. The molecule has 0 radical (unpaired) electrons. The molecule has 2 rings (SSSR count). The summed E-state index contributed by atoms with van der Waals surface area (Å²) in [6.45, 7) is 6.80. The van der Waals surface area contributed by atoms with Crippen molar-refractivity contribution in [3.8, 4) is 0 Å². The van der Waals surface area contributed by atoms with E-state index in [9.17, 15) is 0 Å². The van der Waals surface area contributed by atoms with E-state index in [0.29, 0.717) is 5.92 Å². The molecule has 3 heteroatoms. The first kappa shape index (κ1) is 11.1. The van der Waals surface area contributed by atoms with E-state index in [1.54, 1.807) is 11.8 Å². The number of thioether (sulfide) groups is 1. The topological polar surface area (TPSA) is 26.0 Å². The lowest BCUT2D eigenvalue weighted by Gasteiger charge is -2.23. The second-order valence-corrected chi connectivity index (χ2v) is 5.74. The Kier molecular flexibility index (Phi) is 2.84. The van der Waals surface area contributed by atoms with Gasteiger partial charge in [0.1, 0.15) is 10.8 Å². The third-order valence-corrected chi connectivity index (χ3v) is 4.05. The molecule has 1 heterocycles. The second kappa shape index (κ2) is 3.85. The fourth-order valence-corrected chi connectivity index (χ4v) is 2.54. The number of hydrogen-bond acceptors (Lipinski definition) is 3. The van der Waals surface area contributed by atoms with Crippen molar-refractivity contribution >= 4 is 11.8 Å². The molecule has 15 heavy (non-hydrogen) atoms. The highest BCUT2D eigenvalue weighted by atomic mass is 32.2. The lowest BCUT2D eigenvalue weighted by Crippen LogP contribution is -2.17. The minimum absolute atomic E-state index is 0.191. The van der Waals surface area contributed by atoms with Crippen LogP contribution >= 0.6 is 11.8 Å². The van der Waals surface area contributed by atoms with Crippen LogP contribution in [0.15, 0.2) is 9.55 Å². The molecule has 1 aromatic rings. The Bertz CT molecular complexity index is 353. The van der Waals surface area contributed by atoms with Crippen LogP contribution in [0.3, 0.4) is 0 Å². The van der Waals surface area contributed by atoms with Crippen LogP contribution in [0, 0.1) is 0 Å². The minimum Gasteiger partial charge on any atom is -0.360 e. The summed E-state index contributed by atoms with van der Waals surface area (Å²) in [5, 5.41) is 5.28. The van der Waals surface area contributed by atoms with E-state index in [2.05, 4.69) is 32.2 Å². The SMILES string of the molecule is CCC(C)(C)c1c(SC)noc1C1CC1. The van der Waals surface area contributed by atoms with E-state index >= 15 is 0 Å². The Morgan fingerprint density at radius 1 is 1.47 bits per heavy atom. The van der Waals surface area contributed by atoms with Crippen LogP contribution in [-0.2, 0) is 5.41 Å². The number of hydrogen-bond donors (Lipinski definition) is 0. The first-order chi connectivity index (χ1) is 7.10. The number of aromatic nitrogens is 1. The molecule has 1 aliphatic rings. The van der Waals surface area contributed by atoms with Gasteiger partial charge in [0, 0.05) is 11.5 Å². The first-order valence-corrected chi connectivity index (χ1v) is 6.86. The van der Waals surface area contributed by atoms with E-state index in [0.717, 1.165) is 17.2 Å². The van der Waals surface area contributed by atoms with E-state index in [1.807, 2.05) is 0 Å². The van der Waals surface area contributed by atoms with Gasteiger partial charge in [-0.1, -0.05) is 25.9 Å². The first-order valence-electron chi connectivity index (χ1n) is 5.64. The molecule has 0 bridgehead atoms. The van der Waals surface area contributed by atoms with Gasteiger partial charge >= 0.3 is 0 Å². The third-order valence-electron chi connectivity index (χ3n) is 3.39. The van der Waals surface area contributed by atoms with Gasteiger partial charge in [-0.05, 0) is 30.9 Å². The van der Waals surface area contributed by atoms with E-state index in [-0.39, 0.29) is 5.41 Å². The quantitative estimate of drug-likeness (QED) is 0.725. The summed E-state index contributed by atoms with van der Waals surface area (Å²) >= 11 is 1.70. The lowest BCUT2D eigenvalue weighted by atomic mass is 9.82. The van der Waals surface area contributed by atoms with Gasteiger partial charge in [0.05, 0.1) is 0 Å². The van der Waals surface area contributed by atoms with Crippen LogP contribution in [0.5, 0.6) is 0 Å². The Hall–Kier alpha value is -0.440. The average Bonchev–Trinajstić information content (AvgIpc) is 2.97. The Labute approximate surface area is 95.8 Å². The normalized spacial score (nSPS) is 17.1. The largest absolute Gasteiger partial charge is 0.360 e. The monoisotopic (exact) mass is 225 g/mol. The van der Waals surface area contributed by atoms with Gasteiger partial charge in [-0.3, -0.25) is 0 Å². The van der Waals surface area contributed by atoms with Crippen LogP contribution in [0.2, 0.25) is 0 Å². The van der Waals surface area contributed by atoms with Crippen molar-refractivity contribution in [2.75, 3.05) is 6.26 Å². The molecule has 0 aliphatic heterocycles. The van der Waals surface area contributed by atoms with Crippen LogP contribution < -0.4 is 0 Å². The average molecular weight is 225 g/mol. The molecule has 84 valence electrons. The third kappa shape index (κ3) is 1.94. The molecule has 0 aromatic carbocycles. The minimum atomic E-state index is 0.191. The molecule has 1 aliphatic carbocycles. The van der Waals surface area contributed by atoms with Gasteiger partial charge in [0.25, 0.3) is 0 Å². The van der Waals surface area contributed by atoms with Crippen LogP contribution in [0.25, 0.3) is 0 Å². The molecule has 1 saturated carbocycles. The molecular formula is C12H19NOS. The molecule has 0 atom stereocenters. The predicted octanol–water partition coefficient (Wildman–Crippen LogP) is 3.96. The summed E-state index contributed by atoms with van der Waals surface area (Å²) in [6.07, 6.45) is 5.75. The van der Waals surface area contributed by atoms with Gasteiger partial charge in [0.15, 0.2) is 0 Å². The Balaban J connectivity index is 2.44. The molecule has 1 fully saturated rings. The second-order valence-electron chi connectivity index (χ2n) is 4.94. The van der Waals surface area contributed by atoms with Gasteiger partial charge in [0.2, 0.25) is 0 Å². The summed E-state index contributed by atoms with van der Waals surface area (Å²) < 4.78 is 5.53. The standard InChI is InChI=1S/C12H19NOS/c1-5-12(2,3)9-10(8-6-7-8)14-13-11(9)15-4/h8H,5-7H2,1-4H3. The molecule has 0 N–H and O–H groups in total. The van der Waals surface area contributed by atoms with Gasteiger partial charge in [-0.2, -0.15) is 0 Å². The Morgan fingerprint density at radius 2 is 2.13 bits per heavy atom. The molecule has 2 nitrogen and oxygen atoms in total. The molecule has 1 aromatic heterocycles. The zero-order valence-corrected chi connectivity index (χ0v) is 10.8. The zero-order valence-electron chi connectivity index (χ0n) is 9.96. The smallest absolute Gasteiger partial charge is 0.144 e. The van der Waals surface area contributed by atoms with Crippen molar-refractivity contribution in [3.05, 3.63) is 11.3 Å². The highest BCUT2D eigenvalue weighted by molar-refractivity contribution is 7.98.